The van der Waals surface area contributed by atoms with Crippen LogP contribution in [0.3, 0.4) is 0 Å². The molecule has 0 bridgehead atoms. The fourth-order valence-corrected chi connectivity index (χ4v) is 3.27. The molecule has 0 saturated heterocycles. The SMILES string of the molecule is Clc1ccc(/C(Cn2cncn2)=N\Nc2nc(-c3ccccc3)cs2)cc1. The molecule has 0 radical (unpaired) electrons. The number of hydrogen-bond acceptors (Lipinski definition) is 6. The normalized spacial score (nSPS) is 11.5. The molecule has 0 saturated carbocycles. The standard InChI is InChI=1S/C19H15ClN6S/c20-16-8-6-15(7-9-16)17(10-26-13-21-12-22-26)24-25-19-23-18(11-27-19)14-4-2-1-3-5-14/h1-9,11-13H,10H2,(H,23,25)/b24-17-. The van der Waals surface area contributed by atoms with E-state index in [9.17, 15) is 0 Å². The molecule has 0 fully saturated rings. The van der Waals surface area contributed by atoms with Crippen LogP contribution in [0.15, 0.2) is 77.7 Å². The minimum absolute atomic E-state index is 0.478. The lowest BCUT2D eigenvalue weighted by Crippen LogP contribution is -2.14. The van der Waals surface area contributed by atoms with Crippen LogP contribution in [0.2, 0.25) is 5.02 Å². The highest BCUT2D eigenvalue weighted by Gasteiger charge is 2.08. The third-order valence-corrected chi connectivity index (χ3v) is 4.81. The Bertz CT molecular complexity index is 1030. The Morgan fingerprint density at radius 3 is 2.67 bits per heavy atom. The maximum atomic E-state index is 6.00. The van der Waals surface area contributed by atoms with Crippen molar-refractivity contribution >= 4 is 33.8 Å². The molecule has 0 aliphatic carbocycles. The lowest BCUT2D eigenvalue weighted by Gasteiger charge is -2.07. The van der Waals surface area contributed by atoms with Crippen molar-refractivity contribution < 1.29 is 0 Å². The highest BCUT2D eigenvalue weighted by Crippen LogP contribution is 2.24. The Morgan fingerprint density at radius 1 is 1.11 bits per heavy atom. The highest BCUT2D eigenvalue weighted by atomic mass is 35.5. The molecule has 0 unspecified atom stereocenters. The van der Waals surface area contributed by atoms with Crippen LogP contribution in [-0.2, 0) is 6.54 Å². The van der Waals surface area contributed by atoms with Gasteiger partial charge in [0.1, 0.15) is 12.7 Å². The minimum atomic E-state index is 0.478. The van der Waals surface area contributed by atoms with E-state index in [-0.39, 0.29) is 0 Å². The summed E-state index contributed by atoms with van der Waals surface area (Å²) in [5, 5.41) is 12.1. The van der Waals surface area contributed by atoms with E-state index in [0.29, 0.717) is 11.6 Å². The van der Waals surface area contributed by atoms with Crippen molar-refractivity contribution in [1.29, 1.82) is 0 Å². The van der Waals surface area contributed by atoms with E-state index in [1.165, 1.54) is 17.7 Å². The molecule has 0 spiro atoms. The first-order valence-corrected chi connectivity index (χ1v) is 9.45. The number of nitrogens with zero attached hydrogens (tertiary/aromatic N) is 5. The first-order chi connectivity index (χ1) is 13.3. The van der Waals surface area contributed by atoms with E-state index in [0.717, 1.165) is 27.7 Å². The molecule has 2 aromatic carbocycles. The van der Waals surface area contributed by atoms with Crippen molar-refractivity contribution in [3.8, 4) is 11.3 Å². The Morgan fingerprint density at radius 2 is 1.93 bits per heavy atom. The summed E-state index contributed by atoms with van der Waals surface area (Å²) in [5.74, 6) is 0. The zero-order valence-corrected chi connectivity index (χ0v) is 15.7. The summed E-state index contributed by atoms with van der Waals surface area (Å²) in [7, 11) is 0. The van der Waals surface area contributed by atoms with Crippen LogP contribution in [-0.4, -0.2) is 25.5 Å². The van der Waals surface area contributed by atoms with E-state index in [1.807, 2.05) is 60.0 Å². The van der Waals surface area contributed by atoms with Gasteiger partial charge in [0.15, 0.2) is 0 Å². The molecule has 8 heteroatoms. The molecule has 0 amide bonds. The molecular weight excluding hydrogens is 380 g/mol. The average Bonchev–Trinajstić information content (AvgIpc) is 3.39. The molecule has 4 rings (SSSR count). The van der Waals surface area contributed by atoms with Crippen molar-refractivity contribution in [2.75, 3.05) is 5.43 Å². The van der Waals surface area contributed by atoms with Gasteiger partial charge in [0.05, 0.1) is 18.0 Å². The maximum Gasteiger partial charge on any atom is 0.203 e. The zero-order valence-electron chi connectivity index (χ0n) is 14.2. The van der Waals surface area contributed by atoms with Crippen LogP contribution in [0.25, 0.3) is 11.3 Å². The lowest BCUT2D eigenvalue weighted by molar-refractivity contribution is 0.721. The smallest absolute Gasteiger partial charge is 0.203 e. The van der Waals surface area contributed by atoms with Crippen molar-refractivity contribution in [2.45, 2.75) is 6.54 Å². The van der Waals surface area contributed by atoms with E-state index in [2.05, 4.69) is 25.6 Å². The van der Waals surface area contributed by atoms with Gasteiger partial charge in [-0.3, -0.25) is 5.43 Å². The van der Waals surface area contributed by atoms with Gasteiger partial charge in [-0.2, -0.15) is 10.2 Å². The molecule has 2 heterocycles. The van der Waals surface area contributed by atoms with Crippen LogP contribution < -0.4 is 5.43 Å². The van der Waals surface area contributed by atoms with E-state index in [4.69, 9.17) is 11.6 Å². The van der Waals surface area contributed by atoms with Crippen LogP contribution in [0.4, 0.5) is 5.13 Å². The van der Waals surface area contributed by atoms with Crippen molar-refractivity contribution in [1.82, 2.24) is 19.7 Å². The predicted molar refractivity (Wildman–Crippen MR) is 109 cm³/mol. The van der Waals surface area contributed by atoms with Gasteiger partial charge in [-0.15, -0.1) is 11.3 Å². The predicted octanol–water partition coefficient (Wildman–Crippen LogP) is 4.57. The molecule has 6 nitrogen and oxygen atoms in total. The monoisotopic (exact) mass is 394 g/mol. The highest BCUT2D eigenvalue weighted by molar-refractivity contribution is 7.14. The molecule has 27 heavy (non-hydrogen) atoms. The second-order valence-electron chi connectivity index (χ2n) is 5.67. The van der Waals surface area contributed by atoms with Crippen LogP contribution in [0.5, 0.6) is 0 Å². The van der Waals surface area contributed by atoms with Gasteiger partial charge < -0.3 is 0 Å². The van der Waals surface area contributed by atoms with Crippen molar-refractivity contribution in [2.24, 2.45) is 5.10 Å². The third-order valence-electron chi connectivity index (χ3n) is 3.82. The number of halogens is 1. The second-order valence-corrected chi connectivity index (χ2v) is 6.97. The van der Waals surface area contributed by atoms with Gasteiger partial charge in [0, 0.05) is 16.0 Å². The van der Waals surface area contributed by atoms with Gasteiger partial charge in [-0.05, 0) is 17.7 Å². The molecule has 4 aromatic rings. The quantitative estimate of drug-likeness (QED) is 0.384. The summed E-state index contributed by atoms with van der Waals surface area (Å²) in [6.45, 7) is 0.478. The Kier molecular flexibility index (Phi) is 5.22. The molecule has 2 aromatic heterocycles. The number of hydrazone groups is 1. The lowest BCUT2D eigenvalue weighted by atomic mass is 10.1. The Hall–Kier alpha value is -3.03. The fourth-order valence-electron chi connectivity index (χ4n) is 2.48. The molecule has 134 valence electrons. The maximum absolute atomic E-state index is 6.00. The number of aromatic nitrogens is 4. The summed E-state index contributed by atoms with van der Waals surface area (Å²) in [6, 6.07) is 17.6. The summed E-state index contributed by atoms with van der Waals surface area (Å²) in [4.78, 5) is 8.58. The van der Waals surface area contributed by atoms with E-state index < -0.39 is 0 Å². The number of anilines is 1. The van der Waals surface area contributed by atoms with E-state index >= 15 is 0 Å². The van der Waals surface area contributed by atoms with E-state index in [1.54, 1.807) is 11.0 Å². The Balaban J connectivity index is 1.57. The second kappa shape index (κ2) is 8.11. The van der Waals surface area contributed by atoms with Gasteiger partial charge >= 0.3 is 0 Å². The molecule has 0 aliphatic heterocycles. The van der Waals surface area contributed by atoms with Crippen LogP contribution >= 0.6 is 22.9 Å². The van der Waals surface area contributed by atoms with Crippen LogP contribution in [0, 0.1) is 0 Å². The van der Waals surface area contributed by atoms with Crippen molar-refractivity contribution in [3.05, 3.63) is 83.2 Å². The topological polar surface area (TPSA) is 68.0 Å². The largest absolute Gasteiger partial charge is 0.252 e. The number of hydrogen-bond donors (Lipinski definition) is 1. The van der Waals surface area contributed by atoms with Gasteiger partial charge in [-0.25, -0.2) is 14.6 Å². The molecule has 1 N–H and O–H groups in total. The number of thiazole rings is 1. The molecular formula is C19H15ClN6S. The number of nitrogens with one attached hydrogen (secondary N) is 1. The van der Waals surface area contributed by atoms with Gasteiger partial charge in [0.2, 0.25) is 5.13 Å². The zero-order chi connectivity index (χ0) is 18.5. The van der Waals surface area contributed by atoms with Crippen molar-refractivity contribution in [3.63, 3.8) is 0 Å². The minimum Gasteiger partial charge on any atom is -0.252 e. The van der Waals surface area contributed by atoms with Crippen LogP contribution in [0.1, 0.15) is 5.56 Å². The first-order valence-electron chi connectivity index (χ1n) is 8.20. The Labute approximate surface area is 165 Å². The summed E-state index contributed by atoms with van der Waals surface area (Å²) >= 11 is 7.51. The molecule has 0 aliphatic rings. The summed E-state index contributed by atoms with van der Waals surface area (Å²) < 4.78 is 1.71. The molecule has 0 atom stereocenters. The number of benzene rings is 2. The first kappa shape index (κ1) is 17.4. The summed E-state index contributed by atoms with van der Waals surface area (Å²) in [6.07, 6.45) is 3.15. The third kappa shape index (κ3) is 4.39. The fraction of sp³-hybridized carbons (Fsp3) is 0.0526. The van der Waals surface area contributed by atoms with Gasteiger partial charge in [0.25, 0.3) is 0 Å². The number of rotatable bonds is 6. The van der Waals surface area contributed by atoms with Gasteiger partial charge in [-0.1, -0.05) is 54.1 Å². The summed E-state index contributed by atoms with van der Waals surface area (Å²) in [5.41, 5.74) is 6.80. The average molecular weight is 395 g/mol.